The van der Waals surface area contributed by atoms with E-state index in [0.717, 1.165) is 12.1 Å². The zero-order valence-corrected chi connectivity index (χ0v) is 11.0. The lowest BCUT2D eigenvalue weighted by Gasteiger charge is -2.03. The van der Waals surface area contributed by atoms with Gasteiger partial charge in [0.1, 0.15) is 0 Å². The Kier molecular flexibility index (Phi) is 3.64. The van der Waals surface area contributed by atoms with E-state index in [1.54, 1.807) is 0 Å². The van der Waals surface area contributed by atoms with Gasteiger partial charge >= 0.3 is 5.76 Å². The summed E-state index contributed by atoms with van der Waals surface area (Å²) in [6.45, 7) is 6.48. The number of rotatable bonds is 5. The van der Waals surface area contributed by atoms with Crippen molar-refractivity contribution in [3.63, 3.8) is 0 Å². The molecular formula is C12H18N4O2. The number of aryl methyl sites for hydroxylation is 1. The molecule has 0 aliphatic carbocycles. The molecule has 0 amide bonds. The Morgan fingerprint density at radius 1 is 1.39 bits per heavy atom. The first kappa shape index (κ1) is 12.6. The Morgan fingerprint density at radius 3 is 2.78 bits per heavy atom. The van der Waals surface area contributed by atoms with Gasteiger partial charge in [0.25, 0.3) is 0 Å². The molecular weight excluding hydrogens is 232 g/mol. The van der Waals surface area contributed by atoms with E-state index in [9.17, 15) is 4.79 Å². The van der Waals surface area contributed by atoms with Crippen LogP contribution in [0.15, 0.2) is 21.5 Å². The van der Waals surface area contributed by atoms with Gasteiger partial charge in [0.05, 0.1) is 12.2 Å². The standard InChI is InChI=1S/C12H18N4O2/c1-4-5-11-14-16(12(17)18-11)8-10-6-7-15(13-10)9(2)3/h6-7,9H,4-5,8H2,1-3H3. The van der Waals surface area contributed by atoms with Crippen molar-refractivity contribution < 1.29 is 4.42 Å². The fourth-order valence-corrected chi connectivity index (χ4v) is 1.67. The largest absolute Gasteiger partial charge is 0.437 e. The summed E-state index contributed by atoms with van der Waals surface area (Å²) >= 11 is 0. The van der Waals surface area contributed by atoms with Crippen molar-refractivity contribution in [2.45, 2.75) is 46.2 Å². The summed E-state index contributed by atoms with van der Waals surface area (Å²) in [6.07, 6.45) is 3.49. The Bertz CT molecular complexity index is 565. The van der Waals surface area contributed by atoms with E-state index in [4.69, 9.17) is 4.42 Å². The van der Waals surface area contributed by atoms with Crippen molar-refractivity contribution >= 4 is 0 Å². The van der Waals surface area contributed by atoms with Crippen LogP contribution in [0.3, 0.4) is 0 Å². The molecule has 0 spiro atoms. The lowest BCUT2D eigenvalue weighted by Crippen LogP contribution is -2.17. The molecule has 0 saturated carbocycles. The molecule has 6 nitrogen and oxygen atoms in total. The summed E-state index contributed by atoms with van der Waals surface area (Å²) < 4.78 is 8.22. The van der Waals surface area contributed by atoms with Crippen molar-refractivity contribution in [2.24, 2.45) is 0 Å². The van der Waals surface area contributed by atoms with Crippen LogP contribution in [-0.2, 0) is 13.0 Å². The predicted molar refractivity (Wildman–Crippen MR) is 66.5 cm³/mol. The minimum Gasteiger partial charge on any atom is -0.392 e. The smallest absolute Gasteiger partial charge is 0.392 e. The third kappa shape index (κ3) is 2.69. The fourth-order valence-electron chi connectivity index (χ4n) is 1.67. The summed E-state index contributed by atoms with van der Waals surface area (Å²) in [6, 6.07) is 2.20. The van der Waals surface area contributed by atoms with Gasteiger partial charge in [-0.25, -0.2) is 4.79 Å². The summed E-state index contributed by atoms with van der Waals surface area (Å²) in [4.78, 5) is 11.6. The second-order valence-electron chi connectivity index (χ2n) is 4.55. The quantitative estimate of drug-likeness (QED) is 0.808. The summed E-state index contributed by atoms with van der Waals surface area (Å²) in [7, 11) is 0. The molecule has 0 saturated heterocycles. The normalized spacial score (nSPS) is 11.3. The van der Waals surface area contributed by atoms with Crippen molar-refractivity contribution in [2.75, 3.05) is 0 Å². The first-order valence-corrected chi connectivity index (χ1v) is 6.21. The summed E-state index contributed by atoms with van der Waals surface area (Å²) in [5.74, 6) is 0.0725. The second kappa shape index (κ2) is 5.20. The number of aromatic nitrogens is 4. The van der Waals surface area contributed by atoms with E-state index in [1.165, 1.54) is 4.68 Å². The zero-order valence-electron chi connectivity index (χ0n) is 11.0. The van der Waals surface area contributed by atoms with Crippen LogP contribution in [0.25, 0.3) is 0 Å². The molecule has 2 aromatic heterocycles. The van der Waals surface area contributed by atoms with Crippen LogP contribution in [0.1, 0.15) is 44.8 Å². The molecule has 0 aliphatic heterocycles. The average Bonchev–Trinajstić information content (AvgIpc) is 2.88. The van der Waals surface area contributed by atoms with Crippen LogP contribution in [0, 0.1) is 0 Å². The van der Waals surface area contributed by atoms with Crippen molar-refractivity contribution in [1.82, 2.24) is 19.6 Å². The van der Waals surface area contributed by atoms with Gasteiger partial charge in [-0.1, -0.05) is 6.92 Å². The predicted octanol–water partition coefficient (Wildman–Crippen LogP) is 1.61. The summed E-state index contributed by atoms with van der Waals surface area (Å²) in [5, 5.41) is 8.51. The molecule has 0 atom stereocenters. The minimum absolute atomic E-state index is 0.309. The van der Waals surface area contributed by atoms with Crippen LogP contribution in [0.5, 0.6) is 0 Å². The monoisotopic (exact) mass is 250 g/mol. The number of hydrogen-bond donors (Lipinski definition) is 0. The molecule has 0 N–H and O–H groups in total. The highest BCUT2D eigenvalue weighted by Crippen LogP contribution is 2.05. The molecule has 0 aromatic carbocycles. The van der Waals surface area contributed by atoms with Crippen LogP contribution in [0.2, 0.25) is 0 Å². The van der Waals surface area contributed by atoms with Gasteiger partial charge in [0.2, 0.25) is 5.89 Å². The van der Waals surface area contributed by atoms with E-state index in [0.29, 0.717) is 24.9 Å². The average molecular weight is 250 g/mol. The van der Waals surface area contributed by atoms with Gasteiger partial charge in [-0.3, -0.25) is 4.68 Å². The van der Waals surface area contributed by atoms with Gasteiger partial charge in [-0.2, -0.15) is 9.78 Å². The zero-order chi connectivity index (χ0) is 13.1. The van der Waals surface area contributed by atoms with E-state index in [2.05, 4.69) is 24.0 Å². The molecule has 0 bridgehead atoms. The molecule has 0 unspecified atom stereocenters. The van der Waals surface area contributed by atoms with Crippen LogP contribution in [-0.4, -0.2) is 19.6 Å². The van der Waals surface area contributed by atoms with Gasteiger partial charge in [0, 0.05) is 18.7 Å². The number of hydrogen-bond acceptors (Lipinski definition) is 4. The van der Waals surface area contributed by atoms with E-state index in [1.807, 2.05) is 23.9 Å². The molecule has 18 heavy (non-hydrogen) atoms. The maximum atomic E-state index is 11.6. The fraction of sp³-hybridized carbons (Fsp3) is 0.583. The third-order valence-corrected chi connectivity index (χ3v) is 2.62. The van der Waals surface area contributed by atoms with Crippen LogP contribution >= 0.6 is 0 Å². The highest BCUT2D eigenvalue weighted by Gasteiger charge is 2.09. The molecule has 98 valence electrons. The van der Waals surface area contributed by atoms with Gasteiger partial charge in [-0.15, -0.1) is 5.10 Å². The van der Waals surface area contributed by atoms with Crippen molar-refractivity contribution in [3.8, 4) is 0 Å². The first-order valence-electron chi connectivity index (χ1n) is 6.21. The summed E-state index contributed by atoms with van der Waals surface area (Å²) in [5.41, 5.74) is 0.808. The van der Waals surface area contributed by atoms with E-state index in [-0.39, 0.29) is 0 Å². The molecule has 0 radical (unpaired) electrons. The first-order chi connectivity index (χ1) is 8.60. The molecule has 2 heterocycles. The molecule has 0 fully saturated rings. The van der Waals surface area contributed by atoms with Crippen molar-refractivity contribution in [1.29, 1.82) is 0 Å². The SMILES string of the molecule is CCCc1nn(Cc2ccn(C(C)C)n2)c(=O)o1. The second-order valence-corrected chi connectivity index (χ2v) is 4.55. The molecule has 6 heteroatoms. The van der Waals surface area contributed by atoms with Crippen molar-refractivity contribution in [3.05, 3.63) is 34.4 Å². The maximum Gasteiger partial charge on any atom is 0.437 e. The van der Waals surface area contributed by atoms with E-state index >= 15 is 0 Å². The highest BCUT2D eigenvalue weighted by atomic mass is 16.4. The van der Waals surface area contributed by atoms with Crippen LogP contribution in [0.4, 0.5) is 0 Å². The van der Waals surface area contributed by atoms with Gasteiger partial charge in [-0.05, 0) is 26.3 Å². The highest BCUT2D eigenvalue weighted by molar-refractivity contribution is 4.99. The Labute approximate surface area is 105 Å². The lowest BCUT2D eigenvalue weighted by atomic mass is 10.3. The number of nitrogens with zero attached hydrogens (tertiary/aromatic N) is 4. The van der Waals surface area contributed by atoms with E-state index < -0.39 is 5.76 Å². The Balaban J connectivity index is 2.15. The Hall–Kier alpha value is -1.85. The molecule has 0 aliphatic rings. The maximum absolute atomic E-state index is 11.6. The van der Waals surface area contributed by atoms with Gasteiger partial charge < -0.3 is 4.42 Å². The molecule has 2 rings (SSSR count). The lowest BCUT2D eigenvalue weighted by molar-refractivity contribution is 0.447. The Morgan fingerprint density at radius 2 is 2.17 bits per heavy atom. The third-order valence-electron chi connectivity index (χ3n) is 2.62. The van der Waals surface area contributed by atoms with Crippen LogP contribution < -0.4 is 5.76 Å². The molecule has 2 aromatic rings. The minimum atomic E-state index is -0.419. The topological polar surface area (TPSA) is 65.8 Å². The van der Waals surface area contributed by atoms with Gasteiger partial charge in [0.15, 0.2) is 0 Å².